The highest BCUT2D eigenvalue weighted by Crippen LogP contribution is 2.29. The van der Waals surface area contributed by atoms with Gasteiger partial charge in [-0.2, -0.15) is 0 Å². The summed E-state index contributed by atoms with van der Waals surface area (Å²) in [7, 11) is 0. The summed E-state index contributed by atoms with van der Waals surface area (Å²) in [4.78, 5) is 38.6. The first-order valence-corrected chi connectivity index (χ1v) is 10.1. The first kappa shape index (κ1) is 20.4. The second-order valence-corrected chi connectivity index (χ2v) is 7.38. The van der Waals surface area contributed by atoms with Gasteiger partial charge < -0.3 is 19.5 Å². The Hall–Kier alpha value is -3.87. The number of rotatable bonds is 6. The molecule has 0 bridgehead atoms. The van der Waals surface area contributed by atoms with Gasteiger partial charge in [0.05, 0.1) is 16.9 Å². The highest BCUT2D eigenvalue weighted by Gasteiger charge is 2.24. The van der Waals surface area contributed by atoms with E-state index < -0.39 is 18.5 Å². The molecule has 1 aliphatic heterocycles. The number of para-hydroxylation sites is 2. The van der Waals surface area contributed by atoms with Gasteiger partial charge in [0.15, 0.2) is 6.61 Å². The molecule has 4 rings (SSSR count). The van der Waals surface area contributed by atoms with E-state index in [1.165, 1.54) is 0 Å². The number of nitrogens with one attached hydrogen (secondary N) is 1. The fourth-order valence-corrected chi connectivity index (χ4v) is 3.63. The highest BCUT2D eigenvalue weighted by atomic mass is 16.5. The molecule has 0 unspecified atom stereocenters. The molecule has 1 saturated heterocycles. The Morgan fingerprint density at radius 1 is 1.03 bits per heavy atom. The Kier molecular flexibility index (Phi) is 5.84. The standard InChI is InChI=1S/C24H23N3O4/c1-17-10-11-18(15-21(17)26-12-4-5-13-26)24(30)31-16-22(28)25-19-7-2-3-8-20(19)27-14-6-9-23(27)29/h2-5,7-8,10-13,15H,6,9,14,16H2,1H3,(H,25,28). The molecule has 2 amide bonds. The van der Waals surface area contributed by atoms with Crippen molar-refractivity contribution in [2.24, 2.45) is 0 Å². The van der Waals surface area contributed by atoms with E-state index in [2.05, 4.69) is 5.32 Å². The second-order valence-electron chi connectivity index (χ2n) is 7.38. The van der Waals surface area contributed by atoms with E-state index in [1.807, 2.05) is 48.1 Å². The van der Waals surface area contributed by atoms with Crippen LogP contribution in [0.1, 0.15) is 28.8 Å². The SMILES string of the molecule is Cc1ccc(C(=O)OCC(=O)Nc2ccccc2N2CCCC2=O)cc1-n1cccc1. The highest BCUT2D eigenvalue weighted by molar-refractivity contribution is 6.02. The minimum atomic E-state index is -0.577. The Bertz CT molecular complexity index is 1120. The number of carbonyl (C=O) groups excluding carboxylic acids is 3. The second kappa shape index (κ2) is 8.87. The Labute approximate surface area is 180 Å². The lowest BCUT2D eigenvalue weighted by molar-refractivity contribution is -0.119. The van der Waals surface area contributed by atoms with Crippen molar-refractivity contribution in [1.29, 1.82) is 0 Å². The molecule has 0 spiro atoms. The van der Waals surface area contributed by atoms with Crippen molar-refractivity contribution in [2.75, 3.05) is 23.4 Å². The number of nitrogens with zero attached hydrogens (tertiary/aromatic N) is 2. The third-order valence-corrected chi connectivity index (χ3v) is 5.20. The number of hydrogen-bond acceptors (Lipinski definition) is 4. The normalized spacial score (nSPS) is 13.3. The molecule has 7 nitrogen and oxygen atoms in total. The maximum absolute atomic E-state index is 12.5. The summed E-state index contributed by atoms with van der Waals surface area (Å²) in [6.45, 7) is 2.16. The number of esters is 1. The van der Waals surface area contributed by atoms with Crippen molar-refractivity contribution in [3.05, 3.63) is 78.1 Å². The maximum atomic E-state index is 12.5. The molecule has 1 fully saturated rings. The van der Waals surface area contributed by atoms with E-state index in [4.69, 9.17) is 4.74 Å². The van der Waals surface area contributed by atoms with Gasteiger partial charge in [-0.1, -0.05) is 18.2 Å². The summed E-state index contributed by atoms with van der Waals surface area (Å²) in [6.07, 6.45) is 5.09. The van der Waals surface area contributed by atoms with Gasteiger partial charge in [-0.3, -0.25) is 9.59 Å². The lowest BCUT2D eigenvalue weighted by Crippen LogP contribution is -2.27. The zero-order valence-corrected chi connectivity index (χ0v) is 17.2. The quantitative estimate of drug-likeness (QED) is 0.620. The maximum Gasteiger partial charge on any atom is 0.338 e. The van der Waals surface area contributed by atoms with Crippen molar-refractivity contribution in [1.82, 2.24) is 4.57 Å². The molecule has 0 atom stereocenters. The molecule has 3 aromatic rings. The van der Waals surface area contributed by atoms with Gasteiger partial charge in [-0.25, -0.2) is 4.79 Å². The number of carbonyl (C=O) groups is 3. The van der Waals surface area contributed by atoms with E-state index in [-0.39, 0.29) is 5.91 Å². The number of amides is 2. The lowest BCUT2D eigenvalue weighted by atomic mass is 10.1. The van der Waals surface area contributed by atoms with Gasteiger partial charge in [-0.15, -0.1) is 0 Å². The summed E-state index contributed by atoms with van der Waals surface area (Å²) in [5.74, 6) is -1.01. The van der Waals surface area contributed by atoms with Gasteiger partial charge >= 0.3 is 5.97 Å². The predicted molar refractivity (Wildman–Crippen MR) is 117 cm³/mol. The average Bonchev–Trinajstić information content (AvgIpc) is 3.45. The van der Waals surface area contributed by atoms with E-state index in [1.54, 1.807) is 35.2 Å². The summed E-state index contributed by atoms with van der Waals surface area (Å²) in [6, 6.07) is 16.2. The van der Waals surface area contributed by atoms with E-state index in [9.17, 15) is 14.4 Å². The lowest BCUT2D eigenvalue weighted by Gasteiger charge is -2.20. The first-order valence-electron chi connectivity index (χ1n) is 10.1. The minimum Gasteiger partial charge on any atom is -0.452 e. The van der Waals surface area contributed by atoms with Crippen LogP contribution in [-0.4, -0.2) is 35.5 Å². The fraction of sp³-hybridized carbons (Fsp3) is 0.208. The van der Waals surface area contributed by atoms with Crippen LogP contribution in [-0.2, 0) is 14.3 Å². The van der Waals surface area contributed by atoms with Gasteiger partial charge in [0.1, 0.15) is 0 Å². The first-order chi connectivity index (χ1) is 15.0. The van der Waals surface area contributed by atoms with E-state index in [0.717, 1.165) is 17.7 Å². The number of anilines is 2. The number of hydrogen-bond donors (Lipinski definition) is 1. The molecular weight excluding hydrogens is 394 g/mol. The summed E-state index contributed by atoms with van der Waals surface area (Å²) < 4.78 is 7.13. The third kappa shape index (κ3) is 4.50. The van der Waals surface area contributed by atoms with Crippen molar-refractivity contribution in [3.63, 3.8) is 0 Å². The van der Waals surface area contributed by atoms with Crippen molar-refractivity contribution in [3.8, 4) is 5.69 Å². The van der Waals surface area contributed by atoms with Gasteiger partial charge in [0.25, 0.3) is 5.91 Å². The number of benzene rings is 2. The van der Waals surface area contributed by atoms with Crippen LogP contribution in [0, 0.1) is 6.92 Å². The largest absolute Gasteiger partial charge is 0.452 e. The van der Waals surface area contributed by atoms with Crippen LogP contribution in [0.15, 0.2) is 67.0 Å². The summed E-state index contributed by atoms with van der Waals surface area (Å²) in [5.41, 5.74) is 3.42. The molecule has 1 aliphatic rings. The van der Waals surface area contributed by atoms with Crippen LogP contribution in [0.25, 0.3) is 5.69 Å². The number of aromatic nitrogens is 1. The molecular formula is C24H23N3O4. The molecule has 2 heterocycles. The number of ether oxygens (including phenoxy) is 1. The smallest absolute Gasteiger partial charge is 0.338 e. The third-order valence-electron chi connectivity index (χ3n) is 5.20. The molecule has 31 heavy (non-hydrogen) atoms. The van der Waals surface area contributed by atoms with Crippen LogP contribution in [0.5, 0.6) is 0 Å². The molecule has 1 aromatic heterocycles. The molecule has 158 valence electrons. The van der Waals surface area contributed by atoms with Gasteiger partial charge in [0, 0.05) is 31.0 Å². The van der Waals surface area contributed by atoms with Crippen molar-refractivity contribution in [2.45, 2.75) is 19.8 Å². The van der Waals surface area contributed by atoms with E-state index >= 15 is 0 Å². The van der Waals surface area contributed by atoms with Crippen LogP contribution in [0.3, 0.4) is 0 Å². The molecule has 1 N–H and O–H groups in total. The summed E-state index contributed by atoms with van der Waals surface area (Å²) >= 11 is 0. The summed E-state index contributed by atoms with van der Waals surface area (Å²) in [5, 5.41) is 2.74. The molecule has 0 saturated carbocycles. The number of aryl methyl sites for hydroxylation is 1. The van der Waals surface area contributed by atoms with Crippen molar-refractivity contribution >= 4 is 29.2 Å². The Balaban J connectivity index is 1.41. The van der Waals surface area contributed by atoms with Gasteiger partial charge in [-0.05, 0) is 55.3 Å². The topological polar surface area (TPSA) is 80.6 Å². The van der Waals surface area contributed by atoms with Gasteiger partial charge in [0.2, 0.25) is 5.91 Å². The monoisotopic (exact) mass is 417 g/mol. The Morgan fingerprint density at radius 2 is 1.81 bits per heavy atom. The van der Waals surface area contributed by atoms with Crippen LogP contribution < -0.4 is 10.2 Å². The molecule has 0 radical (unpaired) electrons. The molecule has 2 aromatic carbocycles. The van der Waals surface area contributed by atoms with Crippen LogP contribution in [0.2, 0.25) is 0 Å². The molecule has 0 aliphatic carbocycles. The van der Waals surface area contributed by atoms with Crippen LogP contribution in [0.4, 0.5) is 11.4 Å². The molecule has 7 heteroatoms. The predicted octanol–water partition coefficient (Wildman–Crippen LogP) is 3.71. The zero-order chi connectivity index (χ0) is 21.8. The minimum absolute atomic E-state index is 0.0333. The van der Waals surface area contributed by atoms with Crippen molar-refractivity contribution < 1.29 is 19.1 Å². The van der Waals surface area contributed by atoms with Crippen LogP contribution >= 0.6 is 0 Å². The van der Waals surface area contributed by atoms with E-state index in [0.29, 0.717) is 29.9 Å². The zero-order valence-electron chi connectivity index (χ0n) is 17.2. The average molecular weight is 417 g/mol. The fourth-order valence-electron chi connectivity index (χ4n) is 3.63. The Morgan fingerprint density at radius 3 is 2.55 bits per heavy atom.